The monoisotopic (exact) mass is 279 g/mol. The first-order valence-electron chi connectivity index (χ1n) is 5.07. The molecule has 1 rings (SSSR count). The molecule has 18 heavy (non-hydrogen) atoms. The lowest BCUT2D eigenvalue weighted by Gasteiger charge is -2.07. The fourth-order valence-corrected chi connectivity index (χ4v) is 1.56. The Hall–Kier alpha value is -1.37. The molecule has 0 spiro atoms. The molecule has 7 heteroatoms. The van der Waals surface area contributed by atoms with Crippen LogP contribution < -0.4 is 5.73 Å². The van der Waals surface area contributed by atoms with Crippen molar-refractivity contribution in [1.82, 2.24) is 0 Å². The molecule has 0 radical (unpaired) electrons. The van der Waals surface area contributed by atoms with E-state index in [1.807, 2.05) is 0 Å². The Morgan fingerprint density at radius 3 is 2.44 bits per heavy atom. The van der Waals surface area contributed by atoms with E-state index in [1.165, 1.54) is 0 Å². The van der Waals surface area contributed by atoms with Gasteiger partial charge >= 0.3 is 11.5 Å². The summed E-state index contributed by atoms with van der Waals surface area (Å²) in [6.07, 6.45) is 0.0248. The quantitative estimate of drug-likeness (QED) is 0.511. The van der Waals surface area contributed by atoms with Crippen molar-refractivity contribution in [2.45, 2.75) is 11.9 Å². The van der Waals surface area contributed by atoms with E-state index in [9.17, 15) is 18.0 Å². The Morgan fingerprint density at radius 1 is 1.28 bits per heavy atom. The zero-order valence-corrected chi connectivity index (χ0v) is 10.2. The summed E-state index contributed by atoms with van der Waals surface area (Å²) >= 11 is -0.210. The van der Waals surface area contributed by atoms with Crippen LogP contribution >= 0.6 is 11.8 Å². The number of halogens is 3. The summed E-state index contributed by atoms with van der Waals surface area (Å²) in [5, 5.41) is 0. The third-order valence-electron chi connectivity index (χ3n) is 1.94. The van der Waals surface area contributed by atoms with Crippen LogP contribution in [0.2, 0.25) is 0 Å². The van der Waals surface area contributed by atoms with Crippen molar-refractivity contribution in [1.29, 1.82) is 0 Å². The Labute approximate surface area is 106 Å². The molecule has 0 saturated heterocycles. The van der Waals surface area contributed by atoms with Crippen LogP contribution in [-0.2, 0) is 16.0 Å². The van der Waals surface area contributed by atoms with Gasteiger partial charge in [0.05, 0.1) is 6.42 Å². The SMILES string of the molecule is Nc1ccc(CC(=O)OCCSC(F)(F)F)cc1. The van der Waals surface area contributed by atoms with Gasteiger partial charge in [0.2, 0.25) is 0 Å². The van der Waals surface area contributed by atoms with E-state index in [0.29, 0.717) is 11.3 Å². The van der Waals surface area contributed by atoms with Crippen molar-refractivity contribution in [2.24, 2.45) is 0 Å². The van der Waals surface area contributed by atoms with Crippen LogP contribution in [0.15, 0.2) is 24.3 Å². The van der Waals surface area contributed by atoms with Crippen LogP contribution in [0.3, 0.4) is 0 Å². The molecule has 0 heterocycles. The van der Waals surface area contributed by atoms with E-state index in [0.717, 1.165) is 0 Å². The molecule has 0 amide bonds. The van der Waals surface area contributed by atoms with Crippen molar-refractivity contribution >= 4 is 23.4 Å². The molecule has 3 nitrogen and oxygen atoms in total. The Balaban J connectivity index is 2.24. The first kappa shape index (κ1) is 14.7. The maximum Gasteiger partial charge on any atom is 0.441 e. The summed E-state index contributed by atoms with van der Waals surface area (Å²) in [4.78, 5) is 11.3. The first-order chi connectivity index (χ1) is 8.37. The number of nitrogen functional groups attached to an aromatic ring is 1. The van der Waals surface area contributed by atoms with Gasteiger partial charge in [0, 0.05) is 11.4 Å². The number of hydrogen-bond donors (Lipinski definition) is 1. The third-order valence-corrected chi connectivity index (χ3v) is 2.64. The molecule has 1 aromatic rings. The van der Waals surface area contributed by atoms with E-state index in [-0.39, 0.29) is 30.5 Å². The van der Waals surface area contributed by atoms with Gasteiger partial charge < -0.3 is 10.5 Å². The van der Waals surface area contributed by atoms with Crippen molar-refractivity contribution in [2.75, 3.05) is 18.1 Å². The molecule has 0 fully saturated rings. The molecule has 1 aromatic carbocycles. The average Bonchev–Trinajstić information content (AvgIpc) is 2.26. The number of benzene rings is 1. The number of carbonyl (C=O) groups excluding carboxylic acids is 1. The van der Waals surface area contributed by atoms with Crippen LogP contribution in [0, 0.1) is 0 Å². The average molecular weight is 279 g/mol. The van der Waals surface area contributed by atoms with Crippen LogP contribution in [0.5, 0.6) is 0 Å². The number of rotatable bonds is 5. The number of carbonyl (C=O) groups is 1. The predicted octanol–water partition coefficient (Wildman–Crippen LogP) is 2.61. The van der Waals surface area contributed by atoms with Crippen LogP contribution in [0.4, 0.5) is 18.9 Å². The topological polar surface area (TPSA) is 52.3 Å². The zero-order chi connectivity index (χ0) is 13.6. The van der Waals surface area contributed by atoms with Gasteiger partial charge in [-0.05, 0) is 29.5 Å². The number of anilines is 1. The highest BCUT2D eigenvalue weighted by atomic mass is 32.2. The summed E-state index contributed by atoms with van der Waals surface area (Å²) in [6, 6.07) is 6.62. The van der Waals surface area contributed by atoms with Gasteiger partial charge in [-0.15, -0.1) is 0 Å². The fourth-order valence-electron chi connectivity index (χ4n) is 1.17. The van der Waals surface area contributed by atoms with E-state index in [4.69, 9.17) is 5.73 Å². The van der Waals surface area contributed by atoms with Gasteiger partial charge in [0.15, 0.2) is 0 Å². The predicted molar refractivity (Wildman–Crippen MR) is 64.0 cm³/mol. The third kappa shape index (κ3) is 6.39. The molecule has 0 unspecified atom stereocenters. The van der Waals surface area contributed by atoms with Crippen LogP contribution in [0.1, 0.15) is 5.56 Å². The van der Waals surface area contributed by atoms with E-state index < -0.39 is 11.5 Å². The number of ether oxygens (including phenoxy) is 1. The lowest BCUT2D eigenvalue weighted by Crippen LogP contribution is -2.12. The van der Waals surface area contributed by atoms with E-state index in [1.54, 1.807) is 24.3 Å². The minimum Gasteiger partial charge on any atom is -0.465 e. The molecule has 0 aliphatic heterocycles. The van der Waals surface area contributed by atoms with E-state index >= 15 is 0 Å². The summed E-state index contributed by atoms with van der Waals surface area (Å²) in [5.41, 5.74) is 2.47. The minimum atomic E-state index is -4.29. The van der Waals surface area contributed by atoms with Gasteiger partial charge in [0.1, 0.15) is 6.61 Å². The Morgan fingerprint density at radius 2 is 1.89 bits per heavy atom. The molecule has 0 aromatic heterocycles. The normalized spacial score (nSPS) is 11.3. The molecule has 0 aliphatic carbocycles. The van der Waals surface area contributed by atoms with Crippen LogP contribution in [-0.4, -0.2) is 23.8 Å². The number of alkyl halides is 3. The largest absolute Gasteiger partial charge is 0.465 e. The summed E-state index contributed by atoms with van der Waals surface area (Å²) in [5.74, 6) is -0.848. The number of hydrogen-bond acceptors (Lipinski definition) is 4. The minimum absolute atomic E-state index is 0.0248. The molecule has 0 atom stereocenters. The molecular weight excluding hydrogens is 267 g/mol. The highest BCUT2D eigenvalue weighted by Gasteiger charge is 2.27. The van der Waals surface area contributed by atoms with Gasteiger partial charge in [-0.25, -0.2) is 0 Å². The Kier molecular flexibility index (Phi) is 5.33. The fraction of sp³-hybridized carbons (Fsp3) is 0.364. The smallest absolute Gasteiger partial charge is 0.441 e. The lowest BCUT2D eigenvalue weighted by atomic mass is 10.1. The molecule has 2 N–H and O–H groups in total. The van der Waals surface area contributed by atoms with Gasteiger partial charge in [-0.3, -0.25) is 4.79 Å². The number of esters is 1. The number of nitrogens with two attached hydrogens (primary N) is 1. The zero-order valence-electron chi connectivity index (χ0n) is 9.37. The van der Waals surface area contributed by atoms with Crippen molar-refractivity contribution in [3.05, 3.63) is 29.8 Å². The Bertz CT molecular complexity index is 392. The molecular formula is C11H12F3NO2S. The molecule has 0 saturated carbocycles. The van der Waals surface area contributed by atoms with Gasteiger partial charge in [-0.2, -0.15) is 13.2 Å². The number of thioether (sulfide) groups is 1. The lowest BCUT2D eigenvalue weighted by molar-refractivity contribution is -0.142. The molecule has 0 bridgehead atoms. The highest BCUT2D eigenvalue weighted by molar-refractivity contribution is 8.00. The summed E-state index contributed by atoms with van der Waals surface area (Å²) in [7, 11) is 0. The molecule has 0 aliphatic rings. The second-order valence-electron chi connectivity index (χ2n) is 3.43. The summed E-state index contributed by atoms with van der Waals surface area (Å²) < 4.78 is 40.0. The van der Waals surface area contributed by atoms with Crippen LogP contribution in [0.25, 0.3) is 0 Å². The summed E-state index contributed by atoms with van der Waals surface area (Å²) in [6.45, 7) is -0.252. The highest BCUT2D eigenvalue weighted by Crippen LogP contribution is 2.29. The van der Waals surface area contributed by atoms with Gasteiger partial charge in [0.25, 0.3) is 0 Å². The standard InChI is InChI=1S/C11H12F3NO2S/c12-11(13,14)18-6-5-17-10(16)7-8-1-3-9(15)4-2-8/h1-4H,5-7,15H2. The van der Waals surface area contributed by atoms with Crippen molar-refractivity contribution < 1.29 is 22.7 Å². The first-order valence-corrected chi connectivity index (χ1v) is 6.06. The van der Waals surface area contributed by atoms with E-state index in [2.05, 4.69) is 4.74 Å². The van der Waals surface area contributed by atoms with Crippen molar-refractivity contribution in [3.8, 4) is 0 Å². The second-order valence-corrected chi connectivity index (χ2v) is 4.59. The maximum atomic E-state index is 11.8. The molecule has 100 valence electrons. The van der Waals surface area contributed by atoms with Crippen molar-refractivity contribution in [3.63, 3.8) is 0 Å². The maximum absolute atomic E-state index is 11.8. The van der Waals surface area contributed by atoms with Gasteiger partial charge in [-0.1, -0.05) is 12.1 Å². The second kappa shape index (κ2) is 6.53.